The van der Waals surface area contributed by atoms with E-state index in [1.807, 2.05) is 30.3 Å². The highest BCUT2D eigenvalue weighted by Gasteiger charge is 2.44. The number of methoxy groups -OCH3 is 1. The van der Waals surface area contributed by atoms with Crippen LogP contribution >= 0.6 is 0 Å². The number of carbonyl (C=O) groups is 1. The number of ether oxygens (including phenoxy) is 1. The molecule has 1 aliphatic heterocycles. The summed E-state index contributed by atoms with van der Waals surface area (Å²) in [5.41, 5.74) is 1.21. The van der Waals surface area contributed by atoms with Crippen molar-refractivity contribution in [3.8, 4) is 0 Å². The number of rotatable bonds is 2. The molecular weight excluding hydrogens is 202 g/mol. The van der Waals surface area contributed by atoms with Crippen molar-refractivity contribution in [1.29, 1.82) is 0 Å². The smallest absolute Gasteiger partial charge is 0.331 e. The first-order valence-electron chi connectivity index (χ1n) is 5.24. The molecule has 1 unspecified atom stereocenters. The Labute approximate surface area is 95.1 Å². The van der Waals surface area contributed by atoms with Crippen LogP contribution in [-0.4, -0.2) is 19.6 Å². The minimum absolute atomic E-state index is 0.252. The molecule has 1 aliphatic rings. The average Bonchev–Trinajstić information content (AvgIpc) is 2.73. The van der Waals surface area contributed by atoms with E-state index in [0.29, 0.717) is 13.0 Å². The SMILES string of the molecule is C=C1CNC(C(=O)OC)(c2ccccc2)C1. The lowest BCUT2D eigenvalue weighted by atomic mass is 9.87. The zero-order valence-electron chi connectivity index (χ0n) is 9.32. The van der Waals surface area contributed by atoms with E-state index in [2.05, 4.69) is 11.9 Å². The van der Waals surface area contributed by atoms with Crippen LogP contribution in [-0.2, 0) is 15.1 Å². The second-order valence-electron chi connectivity index (χ2n) is 4.04. The van der Waals surface area contributed by atoms with Gasteiger partial charge in [-0.3, -0.25) is 5.32 Å². The lowest BCUT2D eigenvalue weighted by Gasteiger charge is -2.26. The standard InChI is InChI=1S/C13H15NO2/c1-10-8-13(14-9-10,12(15)16-2)11-6-4-3-5-7-11/h3-7,14H,1,8-9H2,2H3. The Balaban J connectivity index is 2.44. The second-order valence-corrected chi connectivity index (χ2v) is 4.04. The Hall–Kier alpha value is -1.61. The Morgan fingerprint density at radius 3 is 2.62 bits per heavy atom. The van der Waals surface area contributed by atoms with E-state index in [9.17, 15) is 4.79 Å². The molecular formula is C13H15NO2. The average molecular weight is 217 g/mol. The molecule has 0 spiro atoms. The van der Waals surface area contributed by atoms with Gasteiger partial charge in [0.25, 0.3) is 0 Å². The fourth-order valence-electron chi connectivity index (χ4n) is 2.14. The molecule has 1 heterocycles. The summed E-state index contributed by atoms with van der Waals surface area (Å²) >= 11 is 0. The van der Waals surface area contributed by atoms with Crippen molar-refractivity contribution in [2.45, 2.75) is 12.0 Å². The molecule has 0 aliphatic carbocycles. The molecule has 1 atom stereocenters. The minimum atomic E-state index is -0.743. The van der Waals surface area contributed by atoms with Crippen molar-refractivity contribution < 1.29 is 9.53 Å². The van der Waals surface area contributed by atoms with E-state index in [1.54, 1.807) is 0 Å². The summed E-state index contributed by atoms with van der Waals surface area (Å²) in [6.45, 7) is 4.58. The number of nitrogens with one attached hydrogen (secondary N) is 1. The van der Waals surface area contributed by atoms with Crippen molar-refractivity contribution in [1.82, 2.24) is 5.32 Å². The zero-order valence-corrected chi connectivity index (χ0v) is 9.32. The highest BCUT2D eigenvalue weighted by molar-refractivity contribution is 5.83. The molecule has 84 valence electrons. The molecule has 3 heteroatoms. The molecule has 3 nitrogen and oxygen atoms in total. The molecule has 2 rings (SSSR count). The van der Waals surface area contributed by atoms with E-state index in [4.69, 9.17) is 4.74 Å². The van der Waals surface area contributed by atoms with Gasteiger partial charge in [0, 0.05) is 13.0 Å². The summed E-state index contributed by atoms with van der Waals surface area (Å²) in [7, 11) is 1.41. The van der Waals surface area contributed by atoms with Crippen LogP contribution < -0.4 is 5.32 Å². The highest BCUT2D eigenvalue weighted by atomic mass is 16.5. The summed E-state index contributed by atoms with van der Waals surface area (Å²) in [4.78, 5) is 12.0. The van der Waals surface area contributed by atoms with Gasteiger partial charge in [0.1, 0.15) is 5.54 Å². The van der Waals surface area contributed by atoms with Gasteiger partial charge in [-0.25, -0.2) is 4.79 Å². The van der Waals surface area contributed by atoms with Crippen LogP contribution in [0.2, 0.25) is 0 Å². The summed E-state index contributed by atoms with van der Waals surface area (Å²) in [5, 5.41) is 3.21. The second kappa shape index (κ2) is 4.10. The van der Waals surface area contributed by atoms with E-state index < -0.39 is 5.54 Å². The van der Waals surface area contributed by atoms with Crippen LogP contribution in [0, 0.1) is 0 Å². The van der Waals surface area contributed by atoms with Crippen molar-refractivity contribution in [2.24, 2.45) is 0 Å². The third-order valence-electron chi connectivity index (χ3n) is 2.96. The lowest BCUT2D eigenvalue weighted by Crippen LogP contribution is -2.45. The molecule has 0 bridgehead atoms. The molecule has 0 saturated carbocycles. The topological polar surface area (TPSA) is 38.3 Å². The molecule has 1 aromatic carbocycles. The van der Waals surface area contributed by atoms with E-state index in [1.165, 1.54) is 7.11 Å². The van der Waals surface area contributed by atoms with Crippen LogP contribution in [0.4, 0.5) is 0 Å². The molecule has 1 saturated heterocycles. The maximum Gasteiger partial charge on any atom is 0.331 e. The Morgan fingerprint density at radius 2 is 2.12 bits per heavy atom. The fraction of sp³-hybridized carbons (Fsp3) is 0.308. The number of benzene rings is 1. The molecule has 0 radical (unpaired) electrons. The number of hydrogen-bond acceptors (Lipinski definition) is 3. The zero-order chi connectivity index (χ0) is 11.6. The largest absolute Gasteiger partial charge is 0.467 e. The third-order valence-corrected chi connectivity index (χ3v) is 2.96. The summed E-state index contributed by atoms with van der Waals surface area (Å²) < 4.78 is 4.90. The summed E-state index contributed by atoms with van der Waals surface area (Å²) in [6.07, 6.45) is 0.601. The predicted molar refractivity (Wildman–Crippen MR) is 61.9 cm³/mol. The molecule has 0 aromatic heterocycles. The lowest BCUT2D eigenvalue weighted by molar-refractivity contribution is -0.148. The van der Waals surface area contributed by atoms with E-state index >= 15 is 0 Å². The predicted octanol–water partition coefficient (Wildman–Crippen LogP) is 1.60. The van der Waals surface area contributed by atoms with Crippen LogP contribution in [0.5, 0.6) is 0 Å². The van der Waals surface area contributed by atoms with Crippen LogP contribution in [0.3, 0.4) is 0 Å². The molecule has 0 amide bonds. The van der Waals surface area contributed by atoms with Gasteiger partial charge in [-0.15, -0.1) is 0 Å². The molecule has 1 N–H and O–H groups in total. The van der Waals surface area contributed by atoms with Crippen molar-refractivity contribution in [3.63, 3.8) is 0 Å². The van der Waals surface area contributed by atoms with Gasteiger partial charge in [-0.1, -0.05) is 42.5 Å². The Morgan fingerprint density at radius 1 is 1.44 bits per heavy atom. The number of esters is 1. The van der Waals surface area contributed by atoms with Crippen molar-refractivity contribution >= 4 is 5.97 Å². The first kappa shape index (κ1) is 10.9. The van der Waals surface area contributed by atoms with Gasteiger partial charge in [0.05, 0.1) is 7.11 Å². The number of carbonyl (C=O) groups excluding carboxylic acids is 1. The van der Waals surface area contributed by atoms with Crippen LogP contribution in [0.15, 0.2) is 42.5 Å². The monoisotopic (exact) mass is 217 g/mol. The summed E-state index contributed by atoms with van der Waals surface area (Å²) in [5.74, 6) is -0.252. The van der Waals surface area contributed by atoms with Gasteiger partial charge < -0.3 is 4.74 Å². The van der Waals surface area contributed by atoms with Crippen molar-refractivity contribution in [3.05, 3.63) is 48.0 Å². The molecule has 1 aromatic rings. The van der Waals surface area contributed by atoms with Gasteiger partial charge in [-0.2, -0.15) is 0 Å². The quantitative estimate of drug-likeness (QED) is 0.604. The van der Waals surface area contributed by atoms with Crippen molar-refractivity contribution in [2.75, 3.05) is 13.7 Å². The van der Waals surface area contributed by atoms with Gasteiger partial charge in [-0.05, 0) is 5.56 Å². The third kappa shape index (κ3) is 1.63. The maximum atomic E-state index is 12.0. The number of hydrogen-bond donors (Lipinski definition) is 1. The Kier molecular flexibility index (Phi) is 2.79. The van der Waals surface area contributed by atoms with Gasteiger partial charge in [0.2, 0.25) is 0 Å². The van der Waals surface area contributed by atoms with Gasteiger partial charge >= 0.3 is 5.97 Å². The fourth-order valence-corrected chi connectivity index (χ4v) is 2.14. The van der Waals surface area contributed by atoms with E-state index in [-0.39, 0.29) is 5.97 Å². The summed E-state index contributed by atoms with van der Waals surface area (Å²) in [6, 6.07) is 9.63. The molecule has 16 heavy (non-hydrogen) atoms. The molecule has 1 fully saturated rings. The maximum absolute atomic E-state index is 12.0. The normalized spacial score (nSPS) is 24.4. The first-order chi connectivity index (χ1) is 7.69. The van der Waals surface area contributed by atoms with Crippen LogP contribution in [0.25, 0.3) is 0 Å². The van der Waals surface area contributed by atoms with Gasteiger partial charge in [0.15, 0.2) is 0 Å². The highest BCUT2D eigenvalue weighted by Crippen LogP contribution is 2.33. The van der Waals surface area contributed by atoms with E-state index in [0.717, 1.165) is 11.1 Å². The first-order valence-corrected chi connectivity index (χ1v) is 5.24. The Bertz CT molecular complexity index is 413. The minimum Gasteiger partial charge on any atom is -0.467 e. The van der Waals surface area contributed by atoms with Crippen LogP contribution in [0.1, 0.15) is 12.0 Å².